The van der Waals surface area contributed by atoms with E-state index < -0.39 is 6.10 Å². The van der Waals surface area contributed by atoms with Crippen LogP contribution in [0.1, 0.15) is 25.5 Å². The maximum Gasteiger partial charge on any atom is 0.268 e. The molecule has 0 fully saturated rings. The van der Waals surface area contributed by atoms with Crippen molar-refractivity contribution in [2.75, 3.05) is 20.1 Å². The summed E-state index contributed by atoms with van der Waals surface area (Å²) in [4.78, 5) is 14.7. The highest BCUT2D eigenvalue weighted by Crippen LogP contribution is 2.25. The van der Waals surface area contributed by atoms with E-state index in [2.05, 4.69) is 0 Å². The van der Waals surface area contributed by atoms with Crippen molar-refractivity contribution in [1.82, 2.24) is 4.90 Å². The van der Waals surface area contributed by atoms with Gasteiger partial charge in [0.2, 0.25) is 6.10 Å². The summed E-state index contributed by atoms with van der Waals surface area (Å²) in [5, 5.41) is 0. The topological polar surface area (TPSA) is 55.6 Å². The number of amides is 1. The number of benzene rings is 2. The first-order chi connectivity index (χ1) is 11.4. The summed E-state index contributed by atoms with van der Waals surface area (Å²) in [6, 6.07) is 19.0. The molecular formula is C20H26N2O2. The molecule has 0 spiro atoms. The van der Waals surface area contributed by atoms with E-state index in [9.17, 15) is 4.79 Å². The van der Waals surface area contributed by atoms with E-state index in [1.165, 1.54) is 0 Å². The quantitative estimate of drug-likeness (QED) is 0.850. The van der Waals surface area contributed by atoms with Gasteiger partial charge in [-0.25, -0.2) is 0 Å². The van der Waals surface area contributed by atoms with Gasteiger partial charge in [0.25, 0.3) is 5.91 Å². The molecule has 1 amide bonds. The fourth-order valence-electron chi connectivity index (χ4n) is 2.51. The van der Waals surface area contributed by atoms with Crippen LogP contribution >= 0.6 is 0 Å². The van der Waals surface area contributed by atoms with E-state index in [0.29, 0.717) is 18.8 Å². The molecule has 0 heterocycles. The molecule has 24 heavy (non-hydrogen) atoms. The molecule has 2 rings (SSSR count). The third-order valence-corrected chi connectivity index (χ3v) is 3.92. The number of hydrogen-bond donors (Lipinski definition) is 1. The molecule has 1 unspecified atom stereocenters. The van der Waals surface area contributed by atoms with Crippen LogP contribution in [-0.4, -0.2) is 30.9 Å². The minimum atomic E-state index is -0.674. The van der Waals surface area contributed by atoms with Gasteiger partial charge < -0.3 is 15.4 Å². The molecule has 0 aromatic heterocycles. The van der Waals surface area contributed by atoms with Crippen LogP contribution in [0.25, 0.3) is 0 Å². The Morgan fingerprint density at radius 1 is 1.08 bits per heavy atom. The number of rotatable bonds is 7. The monoisotopic (exact) mass is 326 g/mol. The molecular weight excluding hydrogens is 300 g/mol. The highest BCUT2D eigenvalue weighted by molar-refractivity contribution is 5.82. The molecule has 0 bridgehead atoms. The summed E-state index contributed by atoms with van der Waals surface area (Å²) in [5.41, 5.74) is 6.49. The molecule has 128 valence electrons. The average Bonchev–Trinajstić information content (AvgIpc) is 2.60. The summed E-state index contributed by atoms with van der Waals surface area (Å²) in [5.74, 6) is 0.595. The van der Waals surface area contributed by atoms with E-state index >= 15 is 0 Å². The molecule has 2 aromatic rings. The fourth-order valence-corrected chi connectivity index (χ4v) is 2.51. The van der Waals surface area contributed by atoms with Crippen molar-refractivity contribution >= 4 is 5.91 Å². The molecule has 2 aromatic carbocycles. The Hall–Kier alpha value is -2.33. The standard InChI is InChI=1S/C20H26N2O2/c1-20(2,14-21)15-22(3)19(23)18(16-10-6-4-7-11-16)24-17-12-8-5-9-13-17/h4-13,18H,14-15,21H2,1-3H3. The number of hydrogen-bond acceptors (Lipinski definition) is 3. The lowest BCUT2D eigenvalue weighted by Crippen LogP contribution is -2.42. The first-order valence-corrected chi connectivity index (χ1v) is 8.15. The van der Waals surface area contributed by atoms with Gasteiger partial charge >= 0.3 is 0 Å². The van der Waals surface area contributed by atoms with Gasteiger partial charge in [-0.1, -0.05) is 62.4 Å². The summed E-state index contributed by atoms with van der Waals surface area (Å²) >= 11 is 0. The van der Waals surface area contributed by atoms with E-state index in [1.54, 1.807) is 11.9 Å². The first kappa shape index (κ1) is 18.0. The van der Waals surface area contributed by atoms with Crippen molar-refractivity contribution in [3.8, 4) is 5.75 Å². The van der Waals surface area contributed by atoms with Gasteiger partial charge in [0.05, 0.1) is 0 Å². The number of ether oxygens (including phenoxy) is 1. The zero-order valence-electron chi connectivity index (χ0n) is 14.6. The van der Waals surface area contributed by atoms with Crippen molar-refractivity contribution in [2.45, 2.75) is 20.0 Å². The number of carbonyl (C=O) groups excluding carboxylic acids is 1. The number of likely N-dealkylation sites (N-methyl/N-ethyl adjacent to an activating group) is 1. The van der Waals surface area contributed by atoms with Gasteiger partial charge in [-0.2, -0.15) is 0 Å². The Bertz CT molecular complexity index is 641. The Labute approximate surface area is 144 Å². The molecule has 0 aliphatic heterocycles. The van der Waals surface area contributed by atoms with Crippen molar-refractivity contribution in [1.29, 1.82) is 0 Å². The second-order valence-electron chi connectivity index (χ2n) is 6.78. The molecule has 0 saturated heterocycles. The number of nitrogens with zero attached hydrogens (tertiary/aromatic N) is 1. The molecule has 0 aliphatic carbocycles. The average molecular weight is 326 g/mol. The number of carbonyl (C=O) groups is 1. The molecule has 4 heteroatoms. The Kier molecular flexibility index (Phi) is 5.99. The van der Waals surface area contributed by atoms with Crippen molar-refractivity contribution in [2.24, 2.45) is 11.1 Å². The van der Waals surface area contributed by atoms with Crippen molar-refractivity contribution in [3.63, 3.8) is 0 Å². The first-order valence-electron chi connectivity index (χ1n) is 8.15. The zero-order chi connectivity index (χ0) is 17.6. The van der Waals surface area contributed by atoms with E-state index in [4.69, 9.17) is 10.5 Å². The third-order valence-electron chi connectivity index (χ3n) is 3.92. The van der Waals surface area contributed by atoms with E-state index in [1.807, 2.05) is 74.5 Å². The maximum absolute atomic E-state index is 13.0. The molecule has 0 saturated carbocycles. The largest absolute Gasteiger partial charge is 0.476 e. The van der Waals surface area contributed by atoms with Gasteiger partial charge in [0.1, 0.15) is 5.75 Å². The van der Waals surface area contributed by atoms with Crippen molar-refractivity contribution < 1.29 is 9.53 Å². The minimum absolute atomic E-state index is 0.0772. The second-order valence-corrected chi connectivity index (χ2v) is 6.78. The summed E-state index contributed by atoms with van der Waals surface area (Å²) in [7, 11) is 1.80. The van der Waals surface area contributed by atoms with Crippen LogP contribution in [0.5, 0.6) is 5.75 Å². The van der Waals surface area contributed by atoms with Gasteiger partial charge in [0.15, 0.2) is 0 Å². The molecule has 2 N–H and O–H groups in total. The highest BCUT2D eigenvalue weighted by Gasteiger charge is 2.29. The van der Waals surface area contributed by atoms with Crippen LogP contribution in [0.3, 0.4) is 0 Å². The fraction of sp³-hybridized carbons (Fsp3) is 0.350. The molecule has 0 radical (unpaired) electrons. The van der Waals surface area contributed by atoms with E-state index in [-0.39, 0.29) is 11.3 Å². The predicted molar refractivity (Wildman–Crippen MR) is 96.7 cm³/mol. The Morgan fingerprint density at radius 3 is 2.17 bits per heavy atom. The molecule has 4 nitrogen and oxygen atoms in total. The lowest BCUT2D eigenvalue weighted by atomic mass is 9.93. The SMILES string of the molecule is CN(CC(C)(C)CN)C(=O)C(Oc1ccccc1)c1ccccc1. The normalized spacial score (nSPS) is 12.5. The lowest BCUT2D eigenvalue weighted by Gasteiger charge is -2.31. The van der Waals surface area contributed by atoms with Gasteiger partial charge in [0, 0.05) is 19.2 Å². The van der Waals surface area contributed by atoms with Crippen LogP contribution in [0.4, 0.5) is 0 Å². The smallest absolute Gasteiger partial charge is 0.268 e. The predicted octanol–water partition coefficient (Wildman–Crippen LogP) is 3.25. The van der Waals surface area contributed by atoms with Crippen LogP contribution in [-0.2, 0) is 4.79 Å². The zero-order valence-corrected chi connectivity index (χ0v) is 14.6. The number of para-hydroxylation sites is 1. The van der Waals surface area contributed by atoms with Gasteiger partial charge in [-0.05, 0) is 24.1 Å². The highest BCUT2D eigenvalue weighted by atomic mass is 16.5. The van der Waals surface area contributed by atoms with Crippen LogP contribution < -0.4 is 10.5 Å². The summed E-state index contributed by atoms with van der Waals surface area (Å²) in [6.45, 7) is 5.18. The molecule has 0 aliphatic rings. The van der Waals surface area contributed by atoms with Crippen LogP contribution in [0.15, 0.2) is 60.7 Å². The van der Waals surface area contributed by atoms with Crippen molar-refractivity contribution in [3.05, 3.63) is 66.2 Å². The second kappa shape index (κ2) is 7.97. The maximum atomic E-state index is 13.0. The van der Waals surface area contributed by atoms with Crippen LogP contribution in [0, 0.1) is 5.41 Å². The lowest BCUT2D eigenvalue weighted by molar-refractivity contribution is -0.139. The summed E-state index contributed by atoms with van der Waals surface area (Å²) in [6.07, 6.45) is -0.674. The van der Waals surface area contributed by atoms with Crippen LogP contribution in [0.2, 0.25) is 0 Å². The Morgan fingerprint density at radius 2 is 1.62 bits per heavy atom. The summed E-state index contributed by atoms with van der Waals surface area (Å²) < 4.78 is 6.01. The number of nitrogens with two attached hydrogens (primary N) is 1. The van der Waals surface area contributed by atoms with E-state index in [0.717, 1.165) is 5.56 Å². The Balaban J connectivity index is 2.23. The van der Waals surface area contributed by atoms with Gasteiger partial charge in [-0.15, -0.1) is 0 Å². The molecule has 1 atom stereocenters. The minimum Gasteiger partial charge on any atom is -0.476 e. The van der Waals surface area contributed by atoms with Gasteiger partial charge in [-0.3, -0.25) is 4.79 Å². The third kappa shape index (κ3) is 4.83.